The van der Waals surface area contributed by atoms with Crippen LogP contribution < -0.4 is 0 Å². The maximum Gasteiger partial charge on any atom is 0.323 e. The SMILES string of the molecule is CC(C)(C)OC(=O)C(C)(CCCCCOS(=O)(=O)CCCN=[N+]=[N-])C(=O)OC(C)(C)C. The maximum absolute atomic E-state index is 12.7. The molecular formula is C20H37N3O7S. The highest BCUT2D eigenvalue weighted by atomic mass is 32.2. The minimum atomic E-state index is -3.68. The second-order valence-electron chi connectivity index (χ2n) is 9.54. The molecule has 0 unspecified atom stereocenters. The van der Waals surface area contributed by atoms with Crippen molar-refractivity contribution in [3.63, 3.8) is 0 Å². The fourth-order valence-electron chi connectivity index (χ4n) is 2.43. The Morgan fingerprint density at radius 2 is 1.39 bits per heavy atom. The van der Waals surface area contributed by atoms with Crippen molar-refractivity contribution in [2.24, 2.45) is 10.5 Å². The molecule has 0 rings (SSSR count). The van der Waals surface area contributed by atoms with Gasteiger partial charge in [-0.3, -0.25) is 13.8 Å². The van der Waals surface area contributed by atoms with Crippen LogP contribution in [0.2, 0.25) is 0 Å². The number of hydrogen-bond donors (Lipinski definition) is 0. The smallest absolute Gasteiger partial charge is 0.323 e. The van der Waals surface area contributed by atoms with Gasteiger partial charge in [-0.1, -0.05) is 18.0 Å². The molecule has 0 saturated carbocycles. The van der Waals surface area contributed by atoms with Crippen molar-refractivity contribution < 1.29 is 31.7 Å². The second-order valence-corrected chi connectivity index (χ2v) is 11.3. The van der Waals surface area contributed by atoms with Gasteiger partial charge < -0.3 is 9.47 Å². The van der Waals surface area contributed by atoms with Crippen molar-refractivity contribution in [2.75, 3.05) is 18.9 Å². The summed E-state index contributed by atoms with van der Waals surface area (Å²) in [5.74, 6) is -1.51. The Hall–Kier alpha value is -1.84. The summed E-state index contributed by atoms with van der Waals surface area (Å²) in [7, 11) is -3.68. The lowest BCUT2D eigenvalue weighted by Gasteiger charge is -2.32. The largest absolute Gasteiger partial charge is 0.459 e. The standard InChI is InChI=1S/C20H37N3O7S/c1-18(2,3)29-16(24)20(7,17(25)30-19(4,5)6)12-9-8-10-14-28-31(26,27)15-11-13-22-23-21/h8-15H2,1-7H3. The first-order valence-electron chi connectivity index (χ1n) is 10.4. The zero-order valence-electron chi connectivity index (χ0n) is 19.8. The van der Waals surface area contributed by atoms with E-state index in [1.165, 1.54) is 6.92 Å². The van der Waals surface area contributed by atoms with E-state index in [9.17, 15) is 18.0 Å². The van der Waals surface area contributed by atoms with Gasteiger partial charge in [0.05, 0.1) is 12.4 Å². The van der Waals surface area contributed by atoms with Crippen molar-refractivity contribution in [2.45, 2.75) is 91.8 Å². The summed E-state index contributed by atoms with van der Waals surface area (Å²) in [6.45, 7) is 12.0. The van der Waals surface area contributed by atoms with Crippen LogP contribution in [0.5, 0.6) is 0 Å². The molecule has 0 saturated heterocycles. The molecule has 0 heterocycles. The molecule has 180 valence electrons. The van der Waals surface area contributed by atoms with Gasteiger partial charge in [0.2, 0.25) is 0 Å². The molecule has 0 atom stereocenters. The maximum atomic E-state index is 12.7. The molecule has 0 fully saturated rings. The molecule has 0 aromatic heterocycles. The van der Waals surface area contributed by atoms with Crippen LogP contribution >= 0.6 is 0 Å². The number of azide groups is 1. The van der Waals surface area contributed by atoms with E-state index in [4.69, 9.17) is 19.2 Å². The lowest BCUT2D eigenvalue weighted by molar-refractivity contribution is -0.184. The zero-order valence-corrected chi connectivity index (χ0v) is 20.6. The monoisotopic (exact) mass is 463 g/mol. The van der Waals surface area contributed by atoms with Crippen LogP contribution in [0.25, 0.3) is 10.4 Å². The van der Waals surface area contributed by atoms with Gasteiger partial charge in [0.25, 0.3) is 10.1 Å². The Morgan fingerprint density at radius 3 is 1.84 bits per heavy atom. The molecule has 10 nitrogen and oxygen atoms in total. The number of esters is 2. The molecule has 0 aliphatic carbocycles. The third-order valence-electron chi connectivity index (χ3n) is 4.00. The van der Waals surface area contributed by atoms with Crippen molar-refractivity contribution in [3.05, 3.63) is 10.4 Å². The summed E-state index contributed by atoms with van der Waals surface area (Å²) < 4.78 is 39.3. The van der Waals surface area contributed by atoms with E-state index in [1.807, 2.05) is 0 Å². The lowest BCUT2D eigenvalue weighted by Crippen LogP contribution is -2.44. The Labute approximate surface area is 185 Å². The third kappa shape index (κ3) is 13.2. The van der Waals surface area contributed by atoms with Crippen LogP contribution in [-0.2, 0) is 33.4 Å². The number of unbranched alkanes of at least 4 members (excludes halogenated alkanes) is 2. The van der Waals surface area contributed by atoms with Crippen molar-refractivity contribution in [1.29, 1.82) is 0 Å². The van der Waals surface area contributed by atoms with E-state index in [2.05, 4.69) is 10.0 Å². The van der Waals surface area contributed by atoms with Crippen LogP contribution in [-0.4, -0.2) is 50.5 Å². The van der Waals surface area contributed by atoms with Gasteiger partial charge in [0, 0.05) is 11.5 Å². The van der Waals surface area contributed by atoms with Crippen LogP contribution in [0.1, 0.15) is 80.6 Å². The number of nitrogens with zero attached hydrogens (tertiary/aromatic N) is 3. The Morgan fingerprint density at radius 1 is 0.871 bits per heavy atom. The number of carbonyl (C=O) groups is 2. The number of hydrogen-bond acceptors (Lipinski definition) is 8. The van der Waals surface area contributed by atoms with E-state index in [1.54, 1.807) is 41.5 Å². The Balaban J connectivity index is 4.75. The molecule has 0 aromatic rings. The number of carbonyl (C=O) groups excluding carboxylic acids is 2. The van der Waals surface area contributed by atoms with Crippen LogP contribution in [0.4, 0.5) is 0 Å². The molecule has 0 amide bonds. The molecule has 0 aliphatic rings. The van der Waals surface area contributed by atoms with Crippen LogP contribution in [0.15, 0.2) is 5.11 Å². The minimum absolute atomic E-state index is 0.000555. The second kappa shape index (κ2) is 12.3. The fraction of sp³-hybridized carbons (Fsp3) is 0.900. The highest BCUT2D eigenvalue weighted by Gasteiger charge is 2.46. The first-order valence-corrected chi connectivity index (χ1v) is 11.9. The van der Waals surface area contributed by atoms with Crippen LogP contribution in [0, 0.1) is 5.41 Å². The molecule has 0 N–H and O–H groups in total. The van der Waals surface area contributed by atoms with E-state index >= 15 is 0 Å². The van der Waals surface area contributed by atoms with Gasteiger partial charge >= 0.3 is 11.9 Å². The average Bonchev–Trinajstić information content (AvgIpc) is 2.58. The quantitative estimate of drug-likeness (QED) is 0.0753. The minimum Gasteiger partial charge on any atom is -0.459 e. The van der Waals surface area contributed by atoms with Gasteiger partial charge in [-0.2, -0.15) is 8.42 Å². The summed E-state index contributed by atoms with van der Waals surface area (Å²) in [6.07, 6.45) is 1.87. The van der Waals surface area contributed by atoms with Gasteiger partial charge in [0.1, 0.15) is 11.2 Å². The fourth-order valence-corrected chi connectivity index (χ4v) is 3.40. The summed E-state index contributed by atoms with van der Waals surface area (Å²) in [6, 6.07) is 0. The summed E-state index contributed by atoms with van der Waals surface area (Å²) in [5.41, 5.74) is 5.21. The van der Waals surface area contributed by atoms with E-state index in [-0.39, 0.29) is 31.7 Å². The highest BCUT2D eigenvalue weighted by Crippen LogP contribution is 2.32. The molecule has 0 bridgehead atoms. The van der Waals surface area contributed by atoms with Crippen molar-refractivity contribution in [1.82, 2.24) is 0 Å². The molecule has 11 heteroatoms. The van der Waals surface area contributed by atoms with E-state index in [0.29, 0.717) is 19.3 Å². The molecule has 0 aliphatic heterocycles. The lowest BCUT2D eigenvalue weighted by atomic mass is 9.84. The van der Waals surface area contributed by atoms with Crippen LogP contribution in [0.3, 0.4) is 0 Å². The number of ether oxygens (including phenoxy) is 2. The third-order valence-corrected chi connectivity index (χ3v) is 5.31. The molecule has 0 spiro atoms. The first-order chi connectivity index (χ1) is 14.0. The molecular weight excluding hydrogens is 426 g/mol. The predicted octanol–water partition coefficient (Wildman–Crippen LogP) is 4.28. The van der Waals surface area contributed by atoms with E-state index < -0.39 is 38.7 Å². The molecule has 31 heavy (non-hydrogen) atoms. The van der Waals surface area contributed by atoms with Gasteiger partial charge in [-0.15, -0.1) is 0 Å². The van der Waals surface area contributed by atoms with Crippen molar-refractivity contribution >= 4 is 22.1 Å². The van der Waals surface area contributed by atoms with E-state index in [0.717, 1.165) is 0 Å². The van der Waals surface area contributed by atoms with Gasteiger partial charge in [-0.05, 0) is 73.3 Å². The summed E-state index contributed by atoms with van der Waals surface area (Å²) in [4.78, 5) is 28.1. The Kier molecular flexibility index (Phi) is 11.5. The highest BCUT2D eigenvalue weighted by molar-refractivity contribution is 7.86. The predicted molar refractivity (Wildman–Crippen MR) is 117 cm³/mol. The summed E-state index contributed by atoms with van der Waals surface area (Å²) >= 11 is 0. The topological polar surface area (TPSA) is 145 Å². The van der Waals surface area contributed by atoms with Crippen molar-refractivity contribution in [3.8, 4) is 0 Å². The first kappa shape index (κ1) is 29.2. The Bertz CT molecular complexity index is 718. The molecule has 0 radical (unpaired) electrons. The summed E-state index contributed by atoms with van der Waals surface area (Å²) in [5, 5.41) is 3.28. The molecule has 0 aromatic carbocycles. The number of rotatable bonds is 13. The average molecular weight is 464 g/mol. The van der Waals surface area contributed by atoms with Gasteiger partial charge in [0.15, 0.2) is 5.41 Å². The zero-order chi connectivity index (χ0) is 24.3. The normalized spacial score (nSPS) is 12.7. The van der Waals surface area contributed by atoms with Gasteiger partial charge in [-0.25, -0.2) is 0 Å².